The lowest BCUT2D eigenvalue weighted by molar-refractivity contribution is 0.102. The predicted octanol–water partition coefficient (Wildman–Crippen LogP) is 2.70. The number of hydrogen-bond donors (Lipinski definition) is 2. The molecule has 2 N–H and O–H groups in total. The van der Waals surface area contributed by atoms with E-state index < -0.39 is 0 Å². The van der Waals surface area contributed by atoms with Crippen molar-refractivity contribution in [1.82, 2.24) is 9.80 Å². The Bertz CT molecular complexity index is 732. The number of para-hydroxylation sites is 1. The molecule has 1 saturated heterocycles. The highest BCUT2D eigenvalue weighted by atomic mass is 16.3. The van der Waals surface area contributed by atoms with E-state index >= 15 is 0 Å². The molecule has 1 fully saturated rings. The summed E-state index contributed by atoms with van der Waals surface area (Å²) in [6.45, 7) is 6.96. The van der Waals surface area contributed by atoms with Crippen LogP contribution in [-0.2, 0) is 6.54 Å². The first-order chi connectivity index (χ1) is 12.0. The van der Waals surface area contributed by atoms with Crippen LogP contribution in [0.4, 0.5) is 5.69 Å². The number of carbonyl (C=O) groups is 1. The zero-order valence-corrected chi connectivity index (χ0v) is 14.8. The molecular weight excluding hydrogens is 314 g/mol. The van der Waals surface area contributed by atoms with E-state index in [1.54, 1.807) is 18.2 Å². The minimum Gasteiger partial charge on any atom is -0.506 e. The van der Waals surface area contributed by atoms with E-state index in [0.29, 0.717) is 11.3 Å². The first kappa shape index (κ1) is 17.5. The van der Waals surface area contributed by atoms with Gasteiger partial charge in [0.1, 0.15) is 5.75 Å². The number of hydrogen-bond acceptors (Lipinski definition) is 4. The van der Waals surface area contributed by atoms with E-state index in [-0.39, 0.29) is 11.7 Å². The zero-order chi connectivity index (χ0) is 17.8. The third-order valence-corrected chi connectivity index (χ3v) is 4.68. The van der Waals surface area contributed by atoms with Crippen molar-refractivity contribution in [3.8, 4) is 5.75 Å². The summed E-state index contributed by atoms with van der Waals surface area (Å²) in [5, 5.41) is 12.8. The number of nitrogens with zero attached hydrogens (tertiary/aromatic N) is 2. The first-order valence-corrected chi connectivity index (χ1v) is 8.63. The molecule has 132 valence electrons. The Morgan fingerprint density at radius 1 is 1.12 bits per heavy atom. The number of aromatic hydroxyl groups is 1. The van der Waals surface area contributed by atoms with Crippen molar-refractivity contribution in [3.63, 3.8) is 0 Å². The quantitative estimate of drug-likeness (QED) is 0.841. The van der Waals surface area contributed by atoms with Crippen molar-refractivity contribution in [3.05, 3.63) is 59.2 Å². The van der Waals surface area contributed by atoms with Gasteiger partial charge in [-0.3, -0.25) is 9.69 Å². The molecule has 0 bridgehead atoms. The molecule has 1 aliphatic rings. The van der Waals surface area contributed by atoms with Gasteiger partial charge < -0.3 is 15.3 Å². The van der Waals surface area contributed by atoms with Gasteiger partial charge in [-0.2, -0.15) is 0 Å². The third kappa shape index (κ3) is 4.38. The summed E-state index contributed by atoms with van der Waals surface area (Å²) in [6, 6.07) is 12.9. The number of likely N-dealkylation sites (N-methyl/N-ethyl adjacent to an activating group) is 1. The molecule has 2 aromatic rings. The van der Waals surface area contributed by atoms with E-state index in [0.717, 1.165) is 43.9 Å². The number of amides is 1. The van der Waals surface area contributed by atoms with E-state index in [2.05, 4.69) is 28.2 Å². The molecule has 0 unspecified atom stereocenters. The summed E-state index contributed by atoms with van der Waals surface area (Å²) in [7, 11) is 2.14. The third-order valence-electron chi connectivity index (χ3n) is 4.68. The molecule has 5 nitrogen and oxygen atoms in total. The van der Waals surface area contributed by atoms with E-state index in [1.165, 1.54) is 0 Å². The Kier molecular flexibility index (Phi) is 5.36. The number of benzene rings is 2. The van der Waals surface area contributed by atoms with Crippen molar-refractivity contribution in [1.29, 1.82) is 0 Å². The number of rotatable bonds is 4. The van der Waals surface area contributed by atoms with Crippen LogP contribution in [0.25, 0.3) is 0 Å². The molecule has 0 radical (unpaired) electrons. The number of carbonyl (C=O) groups excluding carboxylic acids is 1. The fraction of sp³-hybridized carbons (Fsp3) is 0.350. The second kappa shape index (κ2) is 7.68. The minimum atomic E-state index is -0.204. The number of aryl methyl sites for hydroxylation is 1. The zero-order valence-electron chi connectivity index (χ0n) is 14.8. The summed E-state index contributed by atoms with van der Waals surface area (Å²) >= 11 is 0. The topological polar surface area (TPSA) is 55.8 Å². The SMILES string of the molecule is Cc1cccc(O)c1NC(=O)c1cccc(CN2CCN(C)CC2)c1. The summed E-state index contributed by atoms with van der Waals surface area (Å²) < 4.78 is 0. The standard InChI is InChI=1S/C20H25N3O2/c1-15-5-3-8-18(24)19(15)21-20(25)17-7-4-6-16(13-17)14-23-11-9-22(2)10-12-23/h3-8,13,24H,9-12,14H2,1-2H3,(H,21,25). The number of piperazine rings is 1. The van der Waals surface area contributed by atoms with Crippen LogP contribution in [0.2, 0.25) is 0 Å². The highest BCUT2D eigenvalue weighted by molar-refractivity contribution is 6.05. The predicted molar refractivity (Wildman–Crippen MR) is 100 cm³/mol. The maximum absolute atomic E-state index is 12.6. The number of phenols is 1. The second-order valence-electron chi connectivity index (χ2n) is 6.70. The lowest BCUT2D eigenvalue weighted by atomic mass is 10.1. The maximum Gasteiger partial charge on any atom is 0.255 e. The molecule has 0 atom stereocenters. The maximum atomic E-state index is 12.6. The van der Waals surface area contributed by atoms with Crippen molar-refractivity contribution >= 4 is 11.6 Å². The average molecular weight is 339 g/mol. The van der Waals surface area contributed by atoms with E-state index in [1.807, 2.05) is 25.1 Å². The molecule has 1 heterocycles. The highest BCUT2D eigenvalue weighted by Gasteiger charge is 2.15. The van der Waals surface area contributed by atoms with Crippen molar-refractivity contribution in [2.75, 3.05) is 38.5 Å². The first-order valence-electron chi connectivity index (χ1n) is 8.63. The largest absolute Gasteiger partial charge is 0.506 e. The number of phenolic OH excluding ortho intramolecular Hbond substituents is 1. The Morgan fingerprint density at radius 2 is 1.84 bits per heavy atom. The summed E-state index contributed by atoms with van der Waals surface area (Å²) in [4.78, 5) is 17.3. The van der Waals surface area contributed by atoms with Gasteiger partial charge in [-0.1, -0.05) is 24.3 Å². The normalized spacial score (nSPS) is 15.9. The molecule has 0 aromatic heterocycles. The smallest absolute Gasteiger partial charge is 0.255 e. The van der Waals surface area contributed by atoms with Crippen LogP contribution in [-0.4, -0.2) is 54.0 Å². The van der Waals surface area contributed by atoms with Crippen LogP contribution < -0.4 is 5.32 Å². The van der Waals surface area contributed by atoms with Gasteiger partial charge in [-0.15, -0.1) is 0 Å². The minimum absolute atomic E-state index is 0.0851. The average Bonchev–Trinajstić information content (AvgIpc) is 2.60. The molecule has 0 spiro atoms. The van der Waals surface area contributed by atoms with Gasteiger partial charge in [0.25, 0.3) is 5.91 Å². The fourth-order valence-electron chi connectivity index (χ4n) is 3.08. The summed E-state index contributed by atoms with van der Waals surface area (Å²) in [5.74, 6) is -0.119. The monoisotopic (exact) mass is 339 g/mol. The highest BCUT2D eigenvalue weighted by Crippen LogP contribution is 2.27. The van der Waals surface area contributed by atoms with Crippen molar-refractivity contribution in [2.24, 2.45) is 0 Å². The Morgan fingerprint density at radius 3 is 2.56 bits per heavy atom. The molecule has 3 rings (SSSR count). The van der Waals surface area contributed by atoms with Crippen LogP contribution in [0.5, 0.6) is 5.75 Å². The molecule has 0 aliphatic carbocycles. The molecular formula is C20H25N3O2. The van der Waals surface area contributed by atoms with Crippen LogP contribution in [0.1, 0.15) is 21.5 Å². The van der Waals surface area contributed by atoms with Gasteiger partial charge in [-0.25, -0.2) is 0 Å². The van der Waals surface area contributed by atoms with Crippen LogP contribution in [0, 0.1) is 6.92 Å². The fourth-order valence-corrected chi connectivity index (χ4v) is 3.08. The van der Waals surface area contributed by atoms with Crippen molar-refractivity contribution < 1.29 is 9.90 Å². The number of anilines is 1. The second-order valence-corrected chi connectivity index (χ2v) is 6.70. The Labute approximate surface area is 148 Å². The van der Waals surface area contributed by atoms with E-state index in [4.69, 9.17) is 0 Å². The lowest BCUT2D eigenvalue weighted by Crippen LogP contribution is -2.43. The van der Waals surface area contributed by atoms with E-state index in [9.17, 15) is 9.90 Å². The molecule has 25 heavy (non-hydrogen) atoms. The Balaban J connectivity index is 1.69. The summed E-state index contributed by atoms with van der Waals surface area (Å²) in [6.07, 6.45) is 0. The van der Waals surface area contributed by atoms with Gasteiger partial charge in [0.05, 0.1) is 5.69 Å². The molecule has 2 aromatic carbocycles. The van der Waals surface area contributed by atoms with Gasteiger partial charge in [0.15, 0.2) is 0 Å². The van der Waals surface area contributed by atoms with Gasteiger partial charge in [0.2, 0.25) is 0 Å². The van der Waals surface area contributed by atoms with Gasteiger partial charge in [0, 0.05) is 38.3 Å². The molecule has 0 saturated carbocycles. The van der Waals surface area contributed by atoms with Crippen LogP contribution >= 0.6 is 0 Å². The molecule has 1 aliphatic heterocycles. The Hall–Kier alpha value is -2.37. The van der Waals surface area contributed by atoms with Gasteiger partial charge >= 0.3 is 0 Å². The summed E-state index contributed by atoms with van der Waals surface area (Å²) in [5.41, 5.74) is 3.04. The van der Waals surface area contributed by atoms with Gasteiger partial charge in [-0.05, 0) is 43.3 Å². The van der Waals surface area contributed by atoms with Crippen LogP contribution in [0.15, 0.2) is 42.5 Å². The number of nitrogens with one attached hydrogen (secondary N) is 1. The lowest BCUT2D eigenvalue weighted by Gasteiger charge is -2.32. The molecule has 1 amide bonds. The van der Waals surface area contributed by atoms with Crippen LogP contribution in [0.3, 0.4) is 0 Å². The van der Waals surface area contributed by atoms with Crippen molar-refractivity contribution in [2.45, 2.75) is 13.5 Å². The molecule has 5 heteroatoms.